The molecule has 0 aliphatic carbocycles. The molecule has 3 aromatic rings. The summed E-state index contributed by atoms with van der Waals surface area (Å²) in [6.45, 7) is 1.53. The lowest BCUT2D eigenvalue weighted by molar-refractivity contribution is 0.145. The van der Waals surface area contributed by atoms with Crippen LogP contribution in [-0.4, -0.2) is 33.7 Å². The molecular weight excluding hydrogens is 358 g/mol. The fraction of sp³-hybridized carbons (Fsp3) is 0.250. The summed E-state index contributed by atoms with van der Waals surface area (Å²) in [5.74, 6) is 0.687. The number of nitrogens with zero attached hydrogens (tertiary/aromatic N) is 4. The number of benzene rings is 2. The average molecular weight is 377 g/mol. The first-order chi connectivity index (χ1) is 13.2. The third-order valence-corrected chi connectivity index (χ3v) is 5.26. The van der Waals surface area contributed by atoms with Crippen LogP contribution in [-0.2, 0) is 0 Å². The van der Waals surface area contributed by atoms with E-state index in [0.29, 0.717) is 16.5 Å². The Morgan fingerprint density at radius 3 is 2.67 bits per heavy atom. The molecule has 27 heavy (non-hydrogen) atoms. The largest absolute Gasteiger partial charge is 0.393 e. The third kappa shape index (κ3) is 3.92. The van der Waals surface area contributed by atoms with E-state index in [2.05, 4.69) is 25.6 Å². The van der Waals surface area contributed by atoms with Gasteiger partial charge in [0, 0.05) is 35.9 Å². The van der Waals surface area contributed by atoms with Gasteiger partial charge in [0.1, 0.15) is 6.07 Å². The van der Waals surface area contributed by atoms with Gasteiger partial charge in [-0.25, -0.2) is 0 Å². The number of hydrogen-bond acceptors (Lipinski definition) is 7. The SMILES string of the molecule is N#Cc1cc(Nc2nc(-c3ccccc3)ns2)ccc1N1CCC(O)CC1. The maximum Gasteiger partial charge on any atom is 0.207 e. The molecule has 2 N–H and O–H groups in total. The highest BCUT2D eigenvalue weighted by Crippen LogP contribution is 2.29. The number of aliphatic hydroxyl groups excluding tert-OH is 1. The van der Waals surface area contributed by atoms with E-state index in [1.54, 1.807) is 0 Å². The zero-order chi connectivity index (χ0) is 18.6. The standard InChI is InChI=1S/C20H19N5OS/c21-13-15-12-16(6-7-18(15)25-10-8-17(26)9-11-25)22-20-23-19(24-27-20)14-4-2-1-3-5-14/h1-7,12,17,26H,8-11H2,(H,22,23,24). The van der Waals surface area contributed by atoms with E-state index < -0.39 is 0 Å². The molecule has 0 radical (unpaired) electrons. The van der Waals surface area contributed by atoms with E-state index in [0.717, 1.165) is 42.9 Å². The summed E-state index contributed by atoms with van der Waals surface area (Å²) in [5, 5.41) is 23.2. The molecule has 1 fully saturated rings. The van der Waals surface area contributed by atoms with E-state index in [1.807, 2.05) is 48.5 Å². The second-order valence-corrected chi connectivity index (χ2v) is 7.23. The molecule has 1 aliphatic heterocycles. The summed E-state index contributed by atoms with van der Waals surface area (Å²) in [7, 11) is 0. The van der Waals surface area contributed by atoms with Crippen molar-refractivity contribution in [3.63, 3.8) is 0 Å². The van der Waals surface area contributed by atoms with E-state index in [-0.39, 0.29) is 6.10 Å². The lowest BCUT2D eigenvalue weighted by Crippen LogP contribution is -2.36. The van der Waals surface area contributed by atoms with Crippen LogP contribution >= 0.6 is 11.5 Å². The van der Waals surface area contributed by atoms with Crippen molar-refractivity contribution in [2.45, 2.75) is 18.9 Å². The number of nitrogens with one attached hydrogen (secondary N) is 1. The summed E-state index contributed by atoms with van der Waals surface area (Å²) in [6, 6.07) is 17.9. The van der Waals surface area contributed by atoms with Gasteiger partial charge in [-0.3, -0.25) is 0 Å². The second-order valence-electron chi connectivity index (χ2n) is 6.48. The molecule has 4 rings (SSSR count). The number of rotatable bonds is 4. The van der Waals surface area contributed by atoms with Crippen LogP contribution in [0.1, 0.15) is 18.4 Å². The van der Waals surface area contributed by atoms with Crippen molar-refractivity contribution in [2.75, 3.05) is 23.3 Å². The van der Waals surface area contributed by atoms with Crippen LogP contribution < -0.4 is 10.2 Å². The Bertz CT molecular complexity index is 958. The Hall–Kier alpha value is -2.95. The first-order valence-corrected chi connectivity index (χ1v) is 9.63. The quantitative estimate of drug-likeness (QED) is 0.720. The van der Waals surface area contributed by atoms with Crippen LogP contribution in [0.4, 0.5) is 16.5 Å². The average Bonchev–Trinajstić information content (AvgIpc) is 3.18. The summed E-state index contributed by atoms with van der Waals surface area (Å²) in [4.78, 5) is 6.69. The first kappa shape index (κ1) is 17.5. The predicted molar refractivity (Wildman–Crippen MR) is 107 cm³/mol. The number of aromatic nitrogens is 2. The summed E-state index contributed by atoms with van der Waals surface area (Å²) < 4.78 is 4.39. The molecule has 2 aromatic carbocycles. The van der Waals surface area contributed by atoms with Gasteiger partial charge in [0.25, 0.3) is 0 Å². The smallest absolute Gasteiger partial charge is 0.207 e. The lowest BCUT2D eigenvalue weighted by atomic mass is 10.1. The highest BCUT2D eigenvalue weighted by Gasteiger charge is 2.19. The molecule has 1 saturated heterocycles. The third-order valence-electron chi connectivity index (χ3n) is 4.63. The summed E-state index contributed by atoms with van der Waals surface area (Å²) in [6.07, 6.45) is 1.24. The number of nitriles is 1. The van der Waals surface area contributed by atoms with Crippen molar-refractivity contribution in [3.05, 3.63) is 54.1 Å². The van der Waals surface area contributed by atoms with Crippen LogP contribution in [0.25, 0.3) is 11.4 Å². The summed E-state index contributed by atoms with van der Waals surface area (Å²) >= 11 is 1.29. The molecule has 136 valence electrons. The van der Waals surface area contributed by atoms with Crippen LogP contribution in [0, 0.1) is 11.3 Å². The zero-order valence-electron chi connectivity index (χ0n) is 14.7. The highest BCUT2D eigenvalue weighted by molar-refractivity contribution is 7.09. The Labute approximate surface area is 161 Å². The molecule has 1 aliphatic rings. The minimum Gasteiger partial charge on any atom is -0.393 e. The molecule has 7 heteroatoms. The van der Waals surface area contributed by atoms with E-state index >= 15 is 0 Å². The van der Waals surface area contributed by atoms with Gasteiger partial charge in [-0.2, -0.15) is 14.6 Å². The van der Waals surface area contributed by atoms with Crippen molar-refractivity contribution in [2.24, 2.45) is 0 Å². The molecule has 0 atom stereocenters. The van der Waals surface area contributed by atoms with E-state index in [4.69, 9.17) is 0 Å². The van der Waals surface area contributed by atoms with Crippen LogP contribution in [0.3, 0.4) is 0 Å². The Balaban J connectivity index is 1.52. The van der Waals surface area contributed by atoms with E-state index in [9.17, 15) is 10.4 Å². The molecule has 2 heterocycles. The van der Waals surface area contributed by atoms with Gasteiger partial charge in [0.2, 0.25) is 5.13 Å². The maximum absolute atomic E-state index is 9.68. The Kier molecular flexibility index (Phi) is 5.01. The van der Waals surface area contributed by atoms with Crippen molar-refractivity contribution in [1.82, 2.24) is 9.36 Å². The van der Waals surface area contributed by atoms with Gasteiger partial charge in [-0.05, 0) is 31.0 Å². The Morgan fingerprint density at radius 2 is 1.93 bits per heavy atom. The van der Waals surface area contributed by atoms with Crippen LogP contribution in [0.2, 0.25) is 0 Å². The van der Waals surface area contributed by atoms with Crippen LogP contribution in [0.15, 0.2) is 48.5 Å². The maximum atomic E-state index is 9.68. The normalized spacial score (nSPS) is 14.7. The van der Waals surface area contributed by atoms with Gasteiger partial charge in [0.15, 0.2) is 5.82 Å². The number of anilines is 3. The molecule has 0 bridgehead atoms. The minimum atomic E-state index is -0.232. The number of piperidine rings is 1. The van der Waals surface area contributed by atoms with Gasteiger partial charge in [-0.15, -0.1) is 0 Å². The summed E-state index contributed by atoms with van der Waals surface area (Å²) in [5.41, 5.74) is 3.31. The van der Waals surface area contributed by atoms with Crippen molar-refractivity contribution in [3.8, 4) is 17.5 Å². The van der Waals surface area contributed by atoms with Gasteiger partial charge in [-0.1, -0.05) is 30.3 Å². The molecular formula is C20H19N5OS. The second kappa shape index (κ2) is 7.74. The lowest BCUT2D eigenvalue weighted by Gasteiger charge is -2.32. The van der Waals surface area contributed by atoms with Gasteiger partial charge >= 0.3 is 0 Å². The molecule has 1 aromatic heterocycles. The number of aliphatic hydroxyl groups is 1. The van der Waals surface area contributed by atoms with Crippen molar-refractivity contribution >= 4 is 28.0 Å². The van der Waals surface area contributed by atoms with Crippen molar-refractivity contribution < 1.29 is 5.11 Å². The fourth-order valence-electron chi connectivity index (χ4n) is 3.19. The van der Waals surface area contributed by atoms with Gasteiger partial charge in [0.05, 0.1) is 17.4 Å². The van der Waals surface area contributed by atoms with E-state index in [1.165, 1.54) is 11.5 Å². The molecule has 0 amide bonds. The monoisotopic (exact) mass is 377 g/mol. The molecule has 0 unspecified atom stereocenters. The fourth-order valence-corrected chi connectivity index (χ4v) is 3.80. The predicted octanol–water partition coefficient (Wildman–Crippen LogP) is 3.78. The Morgan fingerprint density at radius 1 is 1.15 bits per heavy atom. The van der Waals surface area contributed by atoms with Crippen LogP contribution in [0.5, 0.6) is 0 Å². The minimum absolute atomic E-state index is 0.232. The first-order valence-electron chi connectivity index (χ1n) is 8.86. The van der Waals surface area contributed by atoms with Gasteiger partial charge < -0.3 is 15.3 Å². The topological polar surface area (TPSA) is 85.1 Å². The van der Waals surface area contributed by atoms with Crippen molar-refractivity contribution in [1.29, 1.82) is 5.26 Å². The molecule has 6 nitrogen and oxygen atoms in total. The zero-order valence-corrected chi connectivity index (χ0v) is 15.5. The molecule has 0 saturated carbocycles. The number of hydrogen-bond donors (Lipinski definition) is 2. The molecule has 0 spiro atoms. The highest BCUT2D eigenvalue weighted by atomic mass is 32.1.